The highest BCUT2D eigenvalue weighted by Crippen LogP contribution is 2.33. The van der Waals surface area contributed by atoms with Crippen molar-refractivity contribution >= 4 is 22.6 Å². The number of nitrogens with one attached hydrogen (secondary N) is 1. The van der Waals surface area contributed by atoms with Gasteiger partial charge < -0.3 is 14.8 Å². The van der Waals surface area contributed by atoms with Crippen LogP contribution in [0.2, 0.25) is 0 Å². The van der Waals surface area contributed by atoms with Crippen molar-refractivity contribution in [1.29, 1.82) is 0 Å². The van der Waals surface area contributed by atoms with Crippen LogP contribution in [0.1, 0.15) is 27.2 Å². The van der Waals surface area contributed by atoms with Crippen LogP contribution in [-0.4, -0.2) is 31.2 Å². The molecule has 1 aromatic carbocycles. The van der Waals surface area contributed by atoms with Gasteiger partial charge in [0.2, 0.25) is 0 Å². The second-order valence-corrected chi connectivity index (χ2v) is 7.23. The summed E-state index contributed by atoms with van der Waals surface area (Å²) >= 11 is 1.75. The van der Waals surface area contributed by atoms with Crippen molar-refractivity contribution in [3.05, 3.63) is 18.2 Å². The third-order valence-electron chi connectivity index (χ3n) is 3.55. The third kappa shape index (κ3) is 4.06. The lowest BCUT2D eigenvalue weighted by Crippen LogP contribution is -2.30. The van der Waals surface area contributed by atoms with E-state index in [4.69, 9.17) is 14.5 Å². The van der Waals surface area contributed by atoms with E-state index in [9.17, 15) is 0 Å². The zero-order chi connectivity index (χ0) is 15.5. The molecular formula is C16H24N2O2S. The molecule has 1 aromatic rings. The number of anilines is 1. The third-order valence-corrected chi connectivity index (χ3v) is 4.47. The Morgan fingerprint density at radius 1 is 1.24 bits per heavy atom. The van der Waals surface area contributed by atoms with Crippen LogP contribution in [0.15, 0.2) is 23.2 Å². The number of benzene rings is 1. The maximum Gasteiger partial charge on any atom is 0.161 e. The Balaban J connectivity index is 2.22. The van der Waals surface area contributed by atoms with Crippen LogP contribution in [0.3, 0.4) is 0 Å². The average molecular weight is 308 g/mol. The first-order valence-electron chi connectivity index (χ1n) is 7.13. The highest BCUT2D eigenvalue weighted by atomic mass is 32.2. The highest BCUT2D eigenvalue weighted by molar-refractivity contribution is 8.14. The smallest absolute Gasteiger partial charge is 0.161 e. The van der Waals surface area contributed by atoms with E-state index in [0.29, 0.717) is 6.04 Å². The Bertz CT molecular complexity index is 523. The quantitative estimate of drug-likeness (QED) is 0.915. The predicted octanol–water partition coefficient (Wildman–Crippen LogP) is 4.02. The molecule has 0 spiro atoms. The Morgan fingerprint density at radius 2 is 2.00 bits per heavy atom. The fourth-order valence-corrected chi connectivity index (χ4v) is 3.15. The first-order valence-corrected chi connectivity index (χ1v) is 8.12. The molecule has 5 heteroatoms. The number of thioether (sulfide) groups is 1. The van der Waals surface area contributed by atoms with Crippen molar-refractivity contribution in [1.82, 2.24) is 0 Å². The van der Waals surface area contributed by atoms with Gasteiger partial charge in [0.25, 0.3) is 0 Å². The van der Waals surface area contributed by atoms with Crippen molar-refractivity contribution in [2.45, 2.75) is 33.2 Å². The van der Waals surface area contributed by atoms with E-state index in [1.807, 2.05) is 18.2 Å². The van der Waals surface area contributed by atoms with E-state index in [-0.39, 0.29) is 5.41 Å². The number of rotatable bonds is 3. The Labute approximate surface area is 131 Å². The molecule has 1 aliphatic rings. The first kappa shape index (κ1) is 16.0. The minimum Gasteiger partial charge on any atom is -0.497 e. The number of aliphatic imine (C=N–C) groups is 1. The molecule has 4 nitrogen and oxygen atoms in total. The molecular weight excluding hydrogens is 284 g/mol. The Morgan fingerprint density at radius 3 is 2.62 bits per heavy atom. The summed E-state index contributed by atoms with van der Waals surface area (Å²) in [7, 11) is 3.33. The predicted molar refractivity (Wildman–Crippen MR) is 90.9 cm³/mol. The van der Waals surface area contributed by atoms with Crippen LogP contribution in [0.5, 0.6) is 11.5 Å². The van der Waals surface area contributed by atoms with Crippen LogP contribution >= 0.6 is 11.8 Å². The fourth-order valence-electron chi connectivity index (χ4n) is 2.23. The van der Waals surface area contributed by atoms with E-state index in [1.165, 1.54) is 0 Å². The minimum absolute atomic E-state index is 0.187. The van der Waals surface area contributed by atoms with E-state index in [0.717, 1.165) is 34.5 Å². The lowest BCUT2D eigenvalue weighted by Gasteiger charge is -2.31. The largest absolute Gasteiger partial charge is 0.497 e. The van der Waals surface area contributed by atoms with Crippen molar-refractivity contribution in [2.24, 2.45) is 10.4 Å². The molecule has 0 fully saturated rings. The zero-order valence-corrected chi connectivity index (χ0v) is 14.2. The van der Waals surface area contributed by atoms with Crippen molar-refractivity contribution < 1.29 is 9.47 Å². The first-order chi connectivity index (χ1) is 9.94. The standard InChI is InChI=1S/C16H24N2O2S/c1-16(2,3)14-8-9-21-15(18-14)17-12-10-11(19-4)6-7-13(12)20-5/h6-7,10,14H,8-9H2,1-5H3,(H,17,18). The number of amidine groups is 1. The normalized spacial score (nSPS) is 18.9. The molecule has 0 saturated carbocycles. The second kappa shape index (κ2) is 6.60. The summed E-state index contributed by atoms with van der Waals surface area (Å²) in [4.78, 5) is 4.85. The van der Waals surface area contributed by atoms with E-state index in [1.54, 1.807) is 26.0 Å². The molecule has 0 amide bonds. The van der Waals surface area contributed by atoms with E-state index in [2.05, 4.69) is 26.1 Å². The molecule has 0 aliphatic carbocycles. The topological polar surface area (TPSA) is 42.9 Å². The van der Waals surface area contributed by atoms with Crippen molar-refractivity contribution in [3.63, 3.8) is 0 Å². The zero-order valence-electron chi connectivity index (χ0n) is 13.4. The van der Waals surface area contributed by atoms with Gasteiger partial charge in [-0.3, -0.25) is 4.99 Å². The summed E-state index contributed by atoms with van der Waals surface area (Å²) in [5.41, 5.74) is 1.07. The van der Waals surface area contributed by atoms with Gasteiger partial charge >= 0.3 is 0 Å². The summed E-state index contributed by atoms with van der Waals surface area (Å²) in [6.07, 6.45) is 1.12. The molecule has 1 atom stereocenters. The molecule has 116 valence electrons. The summed E-state index contributed by atoms with van der Waals surface area (Å²) in [6.45, 7) is 6.71. The lowest BCUT2D eigenvalue weighted by atomic mass is 9.85. The number of methoxy groups -OCH3 is 2. The molecule has 1 heterocycles. The van der Waals surface area contributed by atoms with E-state index >= 15 is 0 Å². The molecule has 1 aliphatic heterocycles. The summed E-state index contributed by atoms with van der Waals surface area (Å²) in [5.74, 6) is 2.67. The maximum absolute atomic E-state index is 5.40. The van der Waals surface area contributed by atoms with Crippen LogP contribution in [0.25, 0.3) is 0 Å². The average Bonchev–Trinajstić information content (AvgIpc) is 2.46. The van der Waals surface area contributed by atoms with Crippen molar-refractivity contribution in [3.8, 4) is 11.5 Å². The Hall–Kier alpha value is -1.36. The molecule has 1 N–H and O–H groups in total. The van der Waals surface area contributed by atoms with Gasteiger partial charge in [-0.25, -0.2) is 0 Å². The van der Waals surface area contributed by atoms with Gasteiger partial charge in [-0.05, 0) is 24.0 Å². The van der Waals surface area contributed by atoms with Crippen molar-refractivity contribution in [2.75, 3.05) is 25.3 Å². The molecule has 0 bridgehead atoms. The molecule has 0 radical (unpaired) electrons. The van der Waals surface area contributed by atoms with Crippen LogP contribution in [0, 0.1) is 5.41 Å². The number of hydrogen-bond acceptors (Lipinski definition) is 5. The van der Waals surface area contributed by atoms with Gasteiger partial charge in [0, 0.05) is 11.8 Å². The molecule has 0 aromatic heterocycles. The molecule has 2 rings (SSSR count). The number of hydrogen-bond donors (Lipinski definition) is 1. The van der Waals surface area contributed by atoms with Gasteiger partial charge in [-0.1, -0.05) is 32.5 Å². The van der Waals surface area contributed by atoms with Gasteiger partial charge in [-0.2, -0.15) is 0 Å². The monoisotopic (exact) mass is 308 g/mol. The van der Waals surface area contributed by atoms with Gasteiger partial charge in [-0.15, -0.1) is 0 Å². The minimum atomic E-state index is 0.187. The number of ether oxygens (including phenoxy) is 2. The van der Waals surface area contributed by atoms with Crippen LogP contribution in [0.4, 0.5) is 5.69 Å². The molecule has 21 heavy (non-hydrogen) atoms. The maximum atomic E-state index is 5.40. The van der Waals surface area contributed by atoms with Gasteiger partial charge in [0.05, 0.1) is 25.9 Å². The van der Waals surface area contributed by atoms with Gasteiger partial charge in [0.1, 0.15) is 11.5 Å². The fraction of sp³-hybridized carbons (Fsp3) is 0.562. The van der Waals surface area contributed by atoms with Crippen LogP contribution < -0.4 is 14.8 Å². The summed E-state index contributed by atoms with van der Waals surface area (Å²) in [5, 5.41) is 4.34. The Kier molecular flexibility index (Phi) is 5.04. The lowest BCUT2D eigenvalue weighted by molar-refractivity contribution is 0.316. The van der Waals surface area contributed by atoms with Gasteiger partial charge in [0.15, 0.2) is 5.17 Å². The molecule has 0 saturated heterocycles. The molecule has 1 unspecified atom stereocenters. The SMILES string of the molecule is COc1ccc(OC)c(NC2=NC(C(C)(C)C)CCS2)c1. The highest BCUT2D eigenvalue weighted by Gasteiger charge is 2.27. The van der Waals surface area contributed by atoms with E-state index < -0.39 is 0 Å². The summed E-state index contributed by atoms with van der Waals surface area (Å²) < 4.78 is 10.7. The summed E-state index contributed by atoms with van der Waals surface area (Å²) in [6, 6.07) is 6.06. The number of nitrogens with zero attached hydrogens (tertiary/aromatic N) is 1. The second-order valence-electron chi connectivity index (χ2n) is 6.14. The van der Waals surface area contributed by atoms with Crippen LogP contribution in [-0.2, 0) is 0 Å².